The molecular formula is C20H15Br2N5O5. The molecule has 1 heterocycles. The fourth-order valence-corrected chi connectivity index (χ4v) is 4.79. The minimum atomic E-state index is -0.738. The summed E-state index contributed by atoms with van der Waals surface area (Å²) in [7, 11) is 0. The molecule has 0 bridgehead atoms. The van der Waals surface area contributed by atoms with Gasteiger partial charge in [0.1, 0.15) is 5.69 Å². The zero-order valence-corrected chi connectivity index (χ0v) is 19.9. The van der Waals surface area contributed by atoms with Crippen molar-refractivity contribution in [3.63, 3.8) is 0 Å². The molecule has 0 spiro atoms. The third-order valence-corrected chi connectivity index (χ3v) is 6.18. The molecule has 0 unspecified atom stereocenters. The van der Waals surface area contributed by atoms with Gasteiger partial charge >= 0.3 is 5.69 Å². The topological polar surface area (TPSA) is 116 Å². The standard InChI is InChI=1S/C20H15Br2N5O5/c1-11-3-5-16(14(21)7-11)23-20-18(9-13(26(29)30)10-19(20)27(31)32)25(28)24(23)17-6-4-12(2)8-15(17)22/h3-10,28H,1-2H3. The molecule has 1 N–H and O–H groups in total. The minimum absolute atomic E-state index is 0.0138. The van der Waals surface area contributed by atoms with Gasteiger partial charge in [-0.3, -0.25) is 25.4 Å². The lowest BCUT2D eigenvalue weighted by molar-refractivity contribution is -0.393. The molecule has 1 aliphatic heterocycles. The van der Waals surface area contributed by atoms with Crippen LogP contribution in [0.4, 0.5) is 34.1 Å². The molecule has 1 aliphatic rings. The van der Waals surface area contributed by atoms with E-state index in [1.165, 1.54) is 10.1 Å². The number of benzene rings is 3. The van der Waals surface area contributed by atoms with Crippen LogP contribution < -0.4 is 15.3 Å². The molecule has 3 aromatic rings. The molecule has 0 fully saturated rings. The summed E-state index contributed by atoms with van der Waals surface area (Å²) in [6, 6.07) is 12.7. The van der Waals surface area contributed by atoms with Gasteiger partial charge in [0.25, 0.3) is 5.69 Å². The average molecular weight is 565 g/mol. The molecule has 12 heteroatoms. The highest BCUT2D eigenvalue weighted by Crippen LogP contribution is 2.53. The zero-order valence-electron chi connectivity index (χ0n) is 16.7. The van der Waals surface area contributed by atoms with Crippen LogP contribution in [-0.4, -0.2) is 15.1 Å². The summed E-state index contributed by atoms with van der Waals surface area (Å²) in [6.45, 7) is 3.79. The van der Waals surface area contributed by atoms with Crippen LogP contribution in [0.15, 0.2) is 57.5 Å². The van der Waals surface area contributed by atoms with Crippen LogP contribution in [0.25, 0.3) is 0 Å². The van der Waals surface area contributed by atoms with Gasteiger partial charge in [-0.25, -0.2) is 5.01 Å². The number of aryl methyl sites for hydroxylation is 2. The van der Waals surface area contributed by atoms with Gasteiger partial charge in [-0.15, -0.1) is 5.17 Å². The maximum absolute atomic E-state index is 11.9. The third kappa shape index (κ3) is 3.55. The van der Waals surface area contributed by atoms with Gasteiger partial charge in [0.05, 0.1) is 27.3 Å². The highest BCUT2D eigenvalue weighted by molar-refractivity contribution is 9.11. The average Bonchev–Trinajstić information content (AvgIpc) is 2.99. The van der Waals surface area contributed by atoms with Crippen molar-refractivity contribution in [3.8, 4) is 0 Å². The number of hydrazine groups is 2. The number of anilines is 4. The lowest BCUT2D eigenvalue weighted by Gasteiger charge is -2.34. The smallest absolute Gasteiger partial charge is 0.267 e. The van der Waals surface area contributed by atoms with Crippen molar-refractivity contribution in [1.29, 1.82) is 0 Å². The Balaban J connectivity index is 2.06. The molecule has 32 heavy (non-hydrogen) atoms. The Morgan fingerprint density at radius 1 is 0.812 bits per heavy atom. The fraction of sp³-hybridized carbons (Fsp3) is 0.100. The predicted octanol–water partition coefficient (Wildman–Crippen LogP) is 6.33. The van der Waals surface area contributed by atoms with Crippen LogP contribution in [0.3, 0.4) is 0 Å². The number of hydrogen-bond donors (Lipinski definition) is 1. The summed E-state index contributed by atoms with van der Waals surface area (Å²) in [5.74, 6) is 0. The lowest BCUT2D eigenvalue weighted by Crippen LogP contribution is -2.45. The molecule has 3 aromatic carbocycles. The highest BCUT2D eigenvalue weighted by Gasteiger charge is 2.44. The summed E-state index contributed by atoms with van der Waals surface area (Å²) in [6.07, 6.45) is 0. The molecule has 0 saturated heterocycles. The van der Waals surface area contributed by atoms with Gasteiger partial charge < -0.3 is 0 Å². The second kappa shape index (κ2) is 8.04. The molecule has 4 rings (SSSR count). The first-order valence-electron chi connectivity index (χ1n) is 9.18. The van der Waals surface area contributed by atoms with E-state index in [9.17, 15) is 25.4 Å². The van der Waals surface area contributed by atoms with Gasteiger partial charge in [-0.2, -0.15) is 5.12 Å². The number of rotatable bonds is 4. The molecule has 0 atom stereocenters. The van der Waals surface area contributed by atoms with Gasteiger partial charge in [-0.05, 0) is 81.1 Å². The summed E-state index contributed by atoms with van der Waals surface area (Å²) in [4.78, 5) is 21.9. The number of nitro benzene ring substituents is 2. The lowest BCUT2D eigenvalue weighted by atomic mass is 10.1. The van der Waals surface area contributed by atoms with E-state index in [0.717, 1.165) is 23.3 Å². The van der Waals surface area contributed by atoms with E-state index in [4.69, 9.17) is 0 Å². The SMILES string of the molecule is Cc1ccc(N2c3c(cc([N+](=O)[O-])cc3[N+](=O)[O-])N(O)N2c2ccc(C)cc2Br)c(Br)c1. The van der Waals surface area contributed by atoms with Crippen molar-refractivity contribution in [2.24, 2.45) is 0 Å². The van der Waals surface area contributed by atoms with Crippen LogP contribution >= 0.6 is 31.9 Å². The number of nitro groups is 2. The second-order valence-corrected chi connectivity index (χ2v) is 8.86. The van der Waals surface area contributed by atoms with E-state index in [1.54, 1.807) is 12.1 Å². The highest BCUT2D eigenvalue weighted by atomic mass is 79.9. The fourth-order valence-electron chi connectivity index (χ4n) is 3.48. The largest absolute Gasteiger partial charge is 0.304 e. The Hall–Kier alpha value is -3.22. The van der Waals surface area contributed by atoms with Crippen molar-refractivity contribution in [2.45, 2.75) is 13.8 Å². The maximum atomic E-state index is 11.9. The van der Waals surface area contributed by atoms with Gasteiger partial charge in [0.2, 0.25) is 0 Å². The number of hydrogen-bond acceptors (Lipinski definition) is 8. The third-order valence-electron chi connectivity index (χ3n) is 4.91. The molecule has 0 radical (unpaired) electrons. The molecule has 10 nitrogen and oxygen atoms in total. The second-order valence-electron chi connectivity index (χ2n) is 7.15. The van der Waals surface area contributed by atoms with Gasteiger partial charge in [0.15, 0.2) is 5.69 Å². The Morgan fingerprint density at radius 2 is 1.38 bits per heavy atom. The Bertz CT molecular complexity index is 1290. The molecule has 0 aromatic heterocycles. The summed E-state index contributed by atoms with van der Waals surface area (Å²) in [5, 5.41) is 37.9. The Morgan fingerprint density at radius 3 is 1.88 bits per heavy atom. The number of non-ortho nitro benzene ring substituents is 1. The summed E-state index contributed by atoms with van der Waals surface area (Å²) >= 11 is 6.98. The Kier molecular flexibility index (Phi) is 5.53. The monoisotopic (exact) mass is 563 g/mol. The van der Waals surface area contributed by atoms with Crippen LogP contribution in [0.2, 0.25) is 0 Å². The number of halogens is 2. The zero-order chi connectivity index (χ0) is 23.3. The molecular weight excluding hydrogens is 550 g/mol. The van der Waals surface area contributed by atoms with Crippen molar-refractivity contribution < 1.29 is 15.1 Å². The van der Waals surface area contributed by atoms with E-state index < -0.39 is 21.2 Å². The first-order valence-corrected chi connectivity index (χ1v) is 10.8. The van der Waals surface area contributed by atoms with Crippen LogP contribution in [0.5, 0.6) is 0 Å². The molecule has 0 amide bonds. The molecule has 0 aliphatic carbocycles. The molecule has 0 saturated carbocycles. The van der Waals surface area contributed by atoms with Crippen LogP contribution in [-0.2, 0) is 0 Å². The first kappa shape index (κ1) is 22.0. The van der Waals surface area contributed by atoms with E-state index >= 15 is 0 Å². The normalized spacial score (nSPS) is 12.8. The summed E-state index contributed by atoms with van der Waals surface area (Å²) < 4.78 is 1.22. The number of fused-ring (bicyclic) bond motifs is 1. The van der Waals surface area contributed by atoms with Crippen LogP contribution in [0.1, 0.15) is 11.1 Å². The van der Waals surface area contributed by atoms with Crippen molar-refractivity contribution >= 4 is 66.0 Å². The van der Waals surface area contributed by atoms with Crippen LogP contribution in [0, 0.1) is 34.1 Å². The Labute approximate surface area is 198 Å². The van der Waals surface area contributed by atoms with Crippen molar-refractivity contribution in [2.75, 3.05) is 15.3 Å². The van der Waals surface area contributed by atoms with Gasteiger partial charge in [-0.1, -0.05) is 12.1 Å². The van der Waals surface area contributed by atoms with E-state index in [0.29, 0.717) is 25.5 Å². The van der Waals surface area contributed by atoms with E-state index in [1.807, 2.05) is 38.1 Å². The van der Waals surface area contributed by atoms with Crippen molar-refractivity contribution in [1.82, 2.24) is 0 Å². The van der Waals surface area contributed by atoms with E-state index in [2.05, 4.69) is 31.9 Å². The quantitative estimate of drug-likeness (QED) is 0.288. The van der Waals surface area contributed by atoms with Crippen molar-refractivity contribution in [3.05, 3.63) is 88.8 Å². The van der Waals surface area contributed by atoms with E-state index in [-0.39, 0.29) is 11.4 Å². The summed E-state index contributed by atoms with van der Waals surface area (Å²) in [5.41, 5.74) is 1.69. The first-order chi connectivity index (χ1) is 15.1. The molecule has 164 valence electrons. The number of nitrogens with zero attached hydrogens (tertiary/aromatic N) is 5. The minimum Gasteiger partial charge on any atom is -0.267 e. The maximum Gasteiger partial charge on any atom is 0.304 e. The van der Waals surface area contributed by atoms with Gasteiger partial charge in [0, 0.05) is 15.0 Å². The predicted molar refractivity (Wildman–Crippen MR) is 126 cm³/mol.